The van der Waals surface area contributed by atoms with Gasteiger partial charge in [0.2, 0.25) is 0 Å². The van der Waals surface area contributed by atoms with Gasteiger partial charge in [0.1, 0.15) is 12.2 Å². The van der Waals surface area contributed by atoms with Crippen molar-refractivity contribution in [3.63, 3.8) is 0 Å². The fraction of sp³-hybridized carbons (Fsp3) is 0.565. The number of carbonyl (C=O) groups excluding carboxylic acids is 2. The van der Waals surface area contributed by atoms with E-state index in [1.54, 1.807) is 7.11 Å². The van der Waals surface area contributed by atoms with Crippen molar-refractivity contribution in [3.05, 3.63) is 35.4 Å². The zero-order valence-corrected chi connectivity index (χ0v) is 17.8. The number of nitrogens with zero attached hydrogens (tertiary/aromatic N) is 1. The summed E-state index contributed by atoms with van der Waals surface area (Å²) >= 11 is 0. The second-order valence-corrected chi connectivity index (χ2v) is 8.32. The van der Waals surface area contributed by atoms with E-state index in [0.29, 0.717) is 12.8 Å². The standard InChI is InChI=1S/C23H29NO6/c1-24-12-11-23-10-9-16(29-20(26)6-4-5-19(25)28-3)13-18(23)30-22-17(27-2)8-7-15(14-24)21(22)23/h7-10,16,18H,4-6,11-14H2,1-3H3/t16?,18-,23-/m0/s1. The van der Waals surface area contributed by atoms with Crippen LogP contribution >= 0.6 is 0 Å². The fourth-order valence-corrected chi connectivity index (χ4v) is 4.86. The molecule has 0 fully saturated rings. The molecule has 1 spiro atoms. The summed E-state index contributed by atoms with van der Waals surface area (Å²) in [5.41, 5.74) is 2.25. The Morgan fingerprint density at radius 1 is 1.23 bits per heavy atom. The first-order valence-corrected chi connectivity index (χ1v) is 10.5. The van der Waals surface area contributed by atoms with E-state index in [4.69, 9.17) is 14.2 Å². The van der Waals surface area contributed by atoms with Crippen molar-refractivity contribution in [1.29, 1.82) is 0 Å². The van der Waals surface area contributed by atoms with Crippen LogP contribution in [-0.2, 0) is 31.0 Å². The number of hydrogen-bond acceptors (Lipinski definition) is 7. The predicted octanol–water partition coefficient (Wildman–Crippen LogP) is 2.74. The SMILES string of the molecule is COC(=O)CCCC(=O)OC1C=C[C@@]23CCN(C)Cc4ccc(OC)c(c42)O[C@H]3C1. The lowest BCUT2D eigenvalue weighted by molar-refractivity contribution is -0.148. The summed E-state index contributed by atoms with van der Waals surface area (Å²) in [6, 6.07) is 4.11. The third-order valence-corrected chi connectivity index (χ3v) is 6.40. The summed E-state index contributed by atoms with van der Waals surface area (Å²) in [6.07, 6.45) is 6.11. The van der Waals surface area contributed by atoms with Crippen LogP contribution in [0.15, 0.2) is 24.3 Å². The molecule has 0 saturated heterocycles. The Morgan fingerprint density at radius 3 is 2.80 bits per heavy atom. The van der Waals surface area contributed by atoms with E-state index in [0.717, 1.165) is 31.0 Å². The summed E-state index contributed by atoms with van der Waals surface area (Å²) in [4.78, 5) is 25.8. The van der Waals surface area contributed by atoms with Crippen LogP contribution in [0.1, 0.15) is 43.2 Å². The first-order chi connectivity index (χ1) is 14.5. The first kappa shape index (κ1) is 20.7. The maximum Gasteiger partial charge on any atom is 0.306 e. The van der Waals surface area contributed by atoms with Gasteiger partial charge in [-0.1, -0.05) is 12.1 Å². The second kappa shape index (κ2) is 8.30. The molecule has 0 N–H and O–H groups in total. The highest BCUT2D eigenvalue weighted by Crippen LogP contribution is 2.55. The van der Waals surface area contributed by atoms with E-state index < -0.39 is 0 Å². The van der Waals surface area contributed by atoms with Gasteiger partial charge in [-0.15, -0.1) is 0 Å². The zero-order chi connectivity index (χ0) is 21.3. The van der Waals surface area contributed by atoms with Gasteiger partial charge in [0, 0.05) is 31.4 Å². The summed E-state index contributed by atoms with van der Waals surface area (Å²) < 4.78 is 22.3. The average Bonchev–Trinajstić information content (AvgIpc) is 2.99. The third-order valence-electron chi connectivity index (χ3n) is 6.40. The summed E-state index contributed by atoms with van der Waals surface area (Å²) in [5, 5.41) is 0. The molecule has 0 bridgehead atoms. The van der Waals surface area contributed by atoms with Gasteiger partial charge in [0.25, 0.3) is 0 Å². The zero-order valence-electron chi connectivity index (χ0n) is 17.8. The Kier molecular flexibility index (Phi) is 5.73. The Bertz CT molecular complexity index is 865. The molecule has 162 valence electrons. The number of esters is 2. The molecule has 2 aliphatic heterocycles. The molecule has 30 heavy (non-hydrogen) atoms. The highest BCUT2D eigenvalue weighted by molar-refractivity contribution is 5.72. The smallest absolute Gasteiger partial charge is 0.306 e. The van der Waals surface area contributed by atoms with E-state index in [9.17, 15) is 9.59 Å². The molecular formula is C23H29NO6. The molecule has 0 saturated carbocycles. The van der Waals surface area contributed by atoms with Crippen molar-refractivity contribution in [3.8, 4) is 11.5 Å². The molecule has 1 unspecified atom stereocenters. The van der Waals surface area contributed by atoms with Crippen LogP contribution in [0.25, 0.3) is 0 Å². The number of carbonyl (C=O) groups is 2. The number of methoxy groups -OCH3 is 2. The van der Waals surface area contributed by atoms with Gasteiger partial charge in [0.15, 0.2) is 11.5 Å². The normalized spacial score (nSPS) is 26.8. The van der Waals surface area contributed by atoms with Crippen molar-refractivity contribution >= 4 is 11.9 Å². The van der Waals surface area contributed by atoms with Crippen molar-refractivity contribution in [2.24, 2.45) is 0 Å². The first-order valence-electron chi connectivity index (χ1n) is 10.5. The minimum Gasteiger partial charge on any atom is -0.493 e. The van der Waals surface area contributed by atoms with E-state index in [2.05, 4.69) is 28.8 Å². The maximum atomic E-state index is 12.2. The van der Waals surface area contributed by atoms with Crippen molar-refractivity contribution in [2.45, 2.75) is 56.3 Å². The van der Waals surface area contributed by atoms with Crippen LogP contribution in [-0.4, -0.2) is 56.9 Å². The Hall–Kier alpha value is -2.54. The highest BCUT2D eigenvalue weighted by Gasteiger charge is 2.53. The van der Waals surface area contributed by atoms with Crippen molar-refractivity contribution in [2.75, 3.05) is 27.8 Å². The largest absolute Gasteiger partial charge is 0.493 e. The monoisotopic (exact) mass is 415 g/mol. The number of hydrogen-bond donors (Lipinski definition) is 0. The lowest BCUT2D eigenvalue weighted by Gasteiger charge is -2.36. The van der Waals surface area contributed by atoms with Gasteiger partial charge in [0.05, 0.1) is 19.6 Å². The van der Waals surface area contributed by atoms with Gasteiger partial charge < -0.3 is 23.8 Å². The molecule has 4 rings (SSSR count). The summed E-state index contributed by atoms with van der Waals surface area (Å²) in [6.45, 7) is 1.83. The van der Waals surface area contributed by atoms with Crippen LogP contribution in [0.3, 0.4) is 0 Å². The molecular weight excluding hydrogens is 386 g/mol. The minimum atomic E-state index is -0.337. The van der Waals surface area contributed by atoms with Gasteiger partial charge in [-0.3, -0.25) is 9.59 Å². The molecule has 1 aromatic rings. The van der Waals surface area contributed by atoms with Gasteiger partial charge in [-0.25, -0.2) is 0 Å². The third kappa shape index (κ3) is 3.67. The molecule has 0 aromatic heterocycles. The van der Waals surface area contributed by atoms with Crippen LogP contribution in [0.5, 0.6) is 11.5 Å². The Balaban J connectivity index is 1.52. The van der Waals surface area contributed by atoms with E-state index in [1.165, 1.54) is 18.2 Å². The second-order valence-electron chi connectivity index (χ2n) is 8.32. The van der Waals surface area contributed by atoms with Crippen molar-refractivity contribution < 1.29 is 28.5 Å². The molecule has 3 atom stereocenters. The lowest BCUT2D eigenvalue weighted by atomic mass is 9.69. The van der Waals surface area contributed by atoms with E-state index in [-0.39, 0.29) is 42.4 Å². The van der Waals surface area contributed by atoms with Gasteiger partial charge in [-0.05, 0) is 44.1 Å². The number of ether oxygens (including phenoxy) is 4. The molecule has 7 nitrogen and oxygen atoms in total. The number of rotatable bonds is 6. The van der Waals surface area contributed by atoms with Crippen molar-refractivity contribution in [1.82, 2.24) is 4.90 Å². The van der Waals surface area contributed by atoms with Gasteiger partial charge in [-0.2, -0.15) is 0 Å². The average molecular weight is 415 g/mol. The van der Waals surface area contributed by atoms with Crippen LogP contribution in [0.2, 0.25) is 0 Å². The van der Waals surface area contributed by atoms with E-state index in [1.807, 2.05) is 12.1 Å². The molecule has 2 heterocycles. The molecule has 7 heteroatoms. The topological polar surface area (TPSA) is 74.3 Å². The molecule has 0 radical (unpaired) electrons. The fourth-order valence-electron chi connectivity index (χ4n) is 4.86. The summed E-state index contributed by atoms with van der Waals surface area (Å²) in [5.74, 6) is 0.947. The maximum absolute atomic E-state index is 12.2. The lowest BCUT2D eigenvalue weighted by Crippen LogP contribution is -2.43. The van der Waals surface area contributed by atoms with E-state index >= 15 is 0 Å². The Morgan fingerprint density at radius 2 is 2.03 bits per heavy atom. The molecule has 1 aromatic carbocycles. The Labute approximate surface area is 176 Å². The number of benzene rings is 1. The molecule has 3 aliphatic rings. The van der Waals surface area contributed by atoms with Crippen LogP contribution in [0, 0.1) is 0 Å². The quantitative estimate of drug-likeness (QED) is 0.522. The van der Waals surface area contributed by atoms with Crippen LogP contribution < -0.4 is 9.47 Å². The minimum absolute atomic E-state index is 0.105. The highest BCUT2D eigenvalue weighted by atomic mass is 16.6. The van der Waals surface area contributed by atoms with Gasteiger partial charge >= 0.3 is 11.9 Å². The molecule has 0 amide bonds. The summed E-state index contributed by atoms with van der Waals surface area (Å²) in [7, 11) is 5.14. The predicted molar refractivity (Wildman–Crippen MR) is 110 cm³/mol. The molecule has 1 aliphatic carbocycles. The van der Waals surface area contributed by atoms with Crippen LogP contribution in [0.4, 0.5) is 0 Å².